The van der Waals surface area contributed by atoms with Crippen LogP contribution in [0.25, 0.3) is 0 Å². The zero-order valence-corrected chi connectivity index (χ0v) is 13.9. The number of anilines is 1. The molecule has 0 spiro atoms. The number of likely N-dealkylation sites (tertiary alicyclic amines) is 1. The number of ether oxygens (including phenoxy) is 1. The van der Waals surface area contributed by atoms with Crippen molar-refractivity contribution in [1.29, 1.82) is 0 Å². The minimum atomic E-state index is 0.106. The maximum atomic E-state index is 12.8. The second-order valence-electron chi connectivity index (χ2n) is 6.57. The molecule has 23 heavy (non-hydrogen) atoms. The molecule has 126 valence electrons. The SMILES string of the molecule is CCC[C@H]1CN(C(=O)c2cccc(N3CCOCC3)c2)C[C@@H]1N. The van der Waals surface area contributed by atoms with Crippen LogP contribution in [0.15, 0.2) is 24.3 Å². The third-order valence-corrected chi connectivity index (χ3v) is 4.91. The number of carbonyl (C=O) groups is 1. The van der Waals surface area contributed by atoms with Crippen LogP contribution in [-0.4, -0.2) is 56.2 Å². The minimum absolute atomic E-state index is 0.106. The van der Waals surface area contributed by atoms with Crippen molar-refractivity contribution >= 4 is 11.6 Å². The predicted molar refractivity (Wildman–Crippen MR) is 91.8 cm³/mol. The lowest BCUT2D eigenvalue weighted by molar-refractivity contribution is 0.0785. The van der Waals surface area contributed by atoms with Gasteiger partial charge in [0.15, 0.2) is 0 Å². The monoisotopic (exact) mass is 317 g/mol. The Morgan fingerprint density at radius 3 is 2.83 bits per heavy atom. The van der Waals surface area contributed by atoms with E-state index in [0.29, 0.717) is 12.5 Å². The zero-order chi connectivity index (χ0) is 16.2. The fourth-order valence-electron chi connectivity index (χ4n) is 3.58. The largest absolute Gasteiger partial charge is 0.378 e. The topological polar surface area (TPSA) is 58.8 Å². The summed E-state index contributed by atoms with van der Waals surface area (Å²) in [6.45, 7) is 6.88. The average Bonchev–Trinajstić information content (AvgIpc) is 2.96. The van der Waals surface area contributed by atoms with Crippen molar-refractivity contribution in [3.8, 4) is 0 Å². The number of nitrogens with zero attached hydrogens (tertiary/aromatic N) is 2. The Hall–Kier alpha value is -1.59. The molecule has 0 saturated carbocycles. The van der Waals surface area contributed by atoms with Crippen molar-refractivity contribution < 1.29 is 9.53 Å². The number of nitrogens with two attached hydrogens (primary N) is 1. The fourth-order valence-corrected chi connectivity index (χ4v) is 3.58. The summed E-state index contributed by atoms with van der Waals surface area (Å²) in [4.78, 5) is 17.0. The molecule has 1 amide bonds. The summed E-state index contributed by atoms with van der Waals surface area (Å²) in [6.07, 6.45) is 2.21. The molecule has 0 aromatic heterocycles. The smallest absolute Gasteiger partial charge is 0.253 e. The minimum Gasteiger partial charge on any atom is -0.378 e. The molecule has 0 radical (unpaired) electrons. The molecule has 5 heteroatoms. The standard InChI is InChI=1S/C18H27N3O2/c1-2-4-15-12-21(13-17(15)19)18(22)14-5-3-6-16(11-14)20-7-9-23-10-8-20/h3,5-6,11,15,17H,2,4,7-10,12-13,19H2,1H3/t15-,17-/m0/s1. The Morgan fingerprint density at radius 2 is 2.09 bits per heavy atom. The Bertz CT molecular complexity index is 543. The van der Waals surface area contributed by atoms with Crippen molar-refractivity contribution in [3.05, 3.63) is 29.8 Å². The van der Waals surface area contributed by atoms with Gasteiger partial charge in [0.25, 0.3) is 5.91 Å². The van der Waals surface area contributed by atoms with E-state index in [2.05, 4.69) is 17.9 Å². The highest BCUT2D eigenvalue weighted by Gasteiger charge is 2.32. The molecule has 1 aromatic carbocycles. The summed E-state index contributed by atoms with van der Waals surface area (Å²) in [6, 6.07) is 8.06. The number of rotatable bonds is 4. The highest BCUT2D eigenvalue weighted by atomic mass is 16.5. The highest BCUT2D eigenvalue weighted by Crippen LogP contribution is 2.24. The molecular weight excluding hydrogens is 290 g/mol. The molecule has 2 aliphatic heterocycles. The van der Waals surface area contributed by atoms with Gasteiger partial charge in [-0.1, -0.05) is 19.4 Å². The highest BCUT2D eigenvalue weighted by molar-refractivity contribution is 5.95. The van der Waals surface area contributed by atoms with E-state index in [1.165, 1.54) is 0 Å². The Kier molecular flexibility index (Phi) is 5.18. The van der Waals surface area contributed by atoms with Gasteiger partial charge >= 0.3 is 0 Å². The third-order valence-electron chi connectivity index (χ3n) is 4.91. The van der Waals surface area contributed by atoms with Gasteiger partial charge in [-0.15, -0.1) is 0 Å². The van der Waals surface area contributed by atoms with Gasteiger partial charge in [0.2, 0.25) is 0 Å². The number of morpholine rings is 1. The maximum Gasteiger partial charge on any atom is 0.253 e. The van der Waals surface area contributed by atoms with Gasteiger partial charge in [-0.05, 0) is 30.5 Å². The molecule has 0 unspecified atom stereocenters. The second-order valence-corrected chi connectivity index (χ2v) is 6.57. The molecule has 5 nitrogen and oxygen atoms in total. The number of benzene rings is 1. The van der Waals surface area contributed by atoms with E-state index in [4.69, 9.17) is 10.5 Å². The summed E-state index contributed by atoms with van der Waals surface area (Å²) in [5.41, 5.74) is 8.07. The summed E-state index contributed by atoms with van der Waals surface area (Å²) in [5, 5.41) is 0. The van der Waals surface area contributed by atoms with Gasteiger partial charge in [-0.2, -0.15) is 0 Å². The van der Waals surface area contributed by atoms with Crippen molar-refractivity contribution in [3.63, 3.8) is 0 Å². The summed E-state index contributed by atoms with van der Waals surface area (Å²) in [5.74, 6) is 0.542. The van der Waals surface area contributed by atoms with Crippen LogP contribution < -0.4 is 10.6 Å². The van der Waals surface area contributed by atoms with E-state index >= 15 is 0 Å². The number of carbonyl (C=O) groups excluding carboxylic acids is 1. The molecule has 3 rings (SSSR count). The molecule has 0 bridgehead atoms. The van der Waals surface area contributed by atoms with Gasteiger partial charge < -0.3 is 20.3 Å². The molecule has 2 aliphatic rings. The quantitative estimate of drug-likeness (QED) is 0.919. The molecule has 2 heterocycles. The number of hydrogen-bond donors (Lipinski definition) is 1. The second kappa shape index (κ2) is 7.32. The Morgan fingerprint density at radius 1 is 1.30 bits per heavy atom. The van der Waals surface area contributed by atoms with Crippen molar-refractivity contribution in [2.45, 2.75) is 25.8 Å². The Labute approximate surface area is 138 Å². The van der Waals surface area contributed by atoms with E-state index in [1.807, 2.05) is 23.1 Å². The van der Waals surface area contributed by atoms with Crippen LogP contribution in [-0.2, 0) is 4.74 Å². The van der Waals surface area contributed by atoms with Gasteiger partial charge in [0, 0.05) is 43.5 Å². The molecule has 1 aromatic rings. The number of amides is 1. The van der Waals surface area contributed by atoms with Gasteiger partial charge in [0.05, 0.1) is 13.2 Å². The average molecular weight is 317 g/mol. The van der Waals surface area contributed by atoms with Gasteiger partial charge in [0.1, 0.15) is 0 Å². The molecule has 2 atom stereocenters. The first-order chi connectivity index (χ1) is 11.2. The predicted octanol–water partition coefficient (Wildman–Crippen LogP) is 1.72. The first kappa shape index (κ1) is 16.3. The first-order valence-electron chi connectivity index (χ1n) is 8.66. The van der Waals surface area contributed by atoms with E-state index in [0.717, 1.165) is 56.9 Å². The molecule has 2 fully saturated rings. The zero-order valence-electron chi connectivity index (χ0n) is 13.9. The lowest BCUT2D eigenvalue weighted by Gasteiger charge is -2.29. The van der Waals surface area contributed by atoms with E-state index < -0.39 is 0 Å². The van der Waals surface area contributed by atoms with Crippen LogP contribution in [0, 0.1) is 5.92 Å². The van der Waals surface area contributed by atoms with Gasteiger partial charge in [-0.3, -0.25) is 4.79 Å². The lowest BCUT2D eigenvalue weighted by atomic mass is 9.99. The van der Waals surface area contributed by atoms with Crippen molar-refractivity contribution in [2.75, 3.05) is 44.3 Å². The van der Waals surface area contributed by atoms with Crippen LogP contribution in [0.5, 0.6) is 0 Å². The van der Waals surface area contributed by atoms with E-state index in [9.17, 15) is 4.79 Å². The van der Waals surface area contributed by atoms with Crippen LogP contribution in [0.1, 0.15) is 30.1 Å². The normalized spacial score (nSPS) is 25.0. The summed E-state index contributed by atoms with van der Waals surface area (Å²) in [7, 11) is 0. The fraction of sp³-hybridized carbons (Fsp3) is 0.611. The van der Waals surface area contributed by atoms with Crippen molar-refractivity contribution in [2.24, 2.45) is 11.7 Å². The third kappa shape index (κ3) is 3.67. The molecular formula is C18H27N3O2. The van der Waals surface area contributed by atoms with Crippen LogP contribution in [0.2, 0.25) is 0 Å². The van der Waals surface area contributed by atoms with E-state index in [1.54, 1.807) is 0 Å². The van der Waals surface area contributed by atoms with Gasteiger partial charge in [-0.25, -0.2) is 0 Å². The maximum absolute atomic E-state index is 12.8. The lowest BCUT2D eigenvalue weighted by Crippen LogP contribution is -2.36. The Balaban J connectivity index is 1.70. The van der Waals surface area contributed by atoms with Crippen LogP contribution in [0.3, 0.4) is 0 Å². The van der Waals surface area contributed by atoms with Crippen molar-refractivity contribution in [1.82, 2.24) is 4.90 Å². The molecule has 0 aliphatic carbocycles. The van der Waals surface area contributed by atoms with E-state index in [-0.39, 0.29) is 11.9 Å². The number of hydrogen-bond acceptors (Lipinski definition) is 4. The summed E-state index contributed by atoms with van der Waals surface area (Å²) < 4.78 is 5.40. The van der Waals surface area contributed by atoms with Crippen LogP contribution in [0.4, 0.5) is 5.69 Å². The molecule has 2 saturated heterocycles. The first-order valence-corrected chi connectivity index (χ1v) is 8.66. The van der Waals surface area contributed by atoms with Crippen LogP contribution >= 0.6 is 0 Å². The summed E-state index contributed by atoms with van der Waals surface area (Å²) >= 11 is 0. The molecule has 2 N–H and O–H groups in total.